The topological polar surface area (TPSA) is 95.9 Å². The van der Waals surface area contributed by atoms with Gasteiger partial charge in [0.05, 0.1) is 25.4 Å². The van der Waals surface area contributed by atoms with E-state index in [4.69, 9.17) is 4.74 Å². The highest BCUT2D eigenvalue weighted by Crippen LogP contribution is 2.16. The number of carbonyl (C=O) groups excluding carboxylic acids is 2. The van der Waals surface area contributed by atoms with Crippen LogP contribution in [0.3, 0.4) is 0 Å². The molecule has 3 N–H and O–H groups in total. The van der Waals surface area contributed by atoms with E-state index in [2.05, 4.69) is 43.5 Å². The summed E-state index contributed by atoms with van der Waals surface area (Å²) in [6.45, 7) is 4.86. The first-order valence-electron chi connectivity index (χ1n) is 28.3. The second kappa shape index (κ2) is 53.7. The predicted octanol–water partition coefficient (Wildman–Crippen LogP) is 17.2. The summed E-state index contributed by atoms with van der Waals surface area (Å²) in [4.78, 5) is 24.5. The van der Waals surface area contributed by atoms with Crippen molar-refractivity contribution in [1.29, 1.82) is 0 Å². The van der Waals surface area contributed by atoms with Crippen LogP contribution < -0.4 is 5.32 Å². The number of carbonyl (C=O) groups is 2. The molecule has 0 bridgehead atoms. The Morgan fingerprint density at radius 2 is 0.781 bits per heavy atom. The lowest BCUT2D eigenvalue weighted by Crippen LogP contribution is -2.45. The van der Waals surface area contributed by atoms with E-state index in [1.165, 1.54) is 186 Å². The standard InChI is InChI=1S/C58H109NO5/c1-3-5-7-9-11-13-15-17-19-24-28-32-36-40-44-48-52-58(63)64-53-49-45-41-37-33-29-25-22-20-21-23-27-31-35-39-43-47-51-57(62)59-55(54-60)56(61)50-46-42-38-34-30-26-18-16-14-12-10-8-6-4-2/h20,22,29,33,46,50,55-56,60-61H,3-19,21,23-28,30-32,34-45,47-49,51-54H2,1-2H3,(H,59,62)/b22-20-,33-29-,50-46+. The van der Waals surface area contributed by atoms with E-state index < -0.39 is 12.1 Å². The van der Waals surface area contributed by atoms with Crippen molar-refractivity contribution in [3.8, 4) is 0 Å². The van der Waals surface area contributed by atoms with E-state index in [0.717, 1.165) is 83.5 Å². The van der Waals surface area contributed by atoms with E-state index in [1.807, 2.05) is 6.08 Å². The molecule has 0 saturated heterocycles. The Morgan fingerprint density at radius 1 is 0.438 bits per heavy atom. The molecular weight excluding hydrogens is 791 g/mol. The molecule has 0 spiro atoms. The first-order chi connectivity index (χ1) is 31.5. The maximum absolute atomic E-state index is 12.4. The minimum absolute atomic E-state index is 0.0133. The Morgan fingerprint density at radius 3 is 1.19 bits per heavy atom. The molecule has 0 aliphatic rings. The van der Waals surface area contributed by atoms with E-state index in [1.54, 1.807) is 6.08 Å². The molecule has 0 rings (SSSR count). The average Bonchev–Trinajstić information content (AvgIpc) is 3.29. The molecule has 0 radical (unpaired) electrons. The zero-order chi connectivity index (χ0) is 46.5. The molecule has 0 fully saturated rings. The molecule has 6 nitrogen and oxygen atoms in total. The van der Waals surface area contributed by atoms with Gasteiger partial charge in [-0.15, -0.1) is 0 Å². The summed E-state index contributed by atoms with van der Waals surface area (Å²) in [5.74, 6) is -0.0973. The van der Waals surface area contributed by atoms with Crippen LogP contribution >= 0.6 is 0 Å². The lowest BCUT2D eigenvalue weighted by Gasteiger charge is -2.20. The quantitative estimate of drug-likeness (QED) is 0.0321. The highest BCUT2D eigenvalue weighted by atomic mass is 16.5. The SMILES string of the molecule is CCCCCCCCCCCCCC/C=C/C(O)C(CO)NC(=O)CCCCCCCCC/C=C\C/C=C\CCCCCOC(=O)CCCCCCCCCCCCCCCCCC. The second-order valence-electron chi connectivity index (χ2n) is 19.3. The fourth-order valence-corrected chi connectivity index (χ4v) is 8.55. The largest absolute Gasteiger partial charge is 0.466 e. The van der Waals surface area contributed by atoms with Crippen LogP contribution in [0.4, 0.5) is 0 Å². The number of hydrogen-bond donors (Lipinski definition) is 3. The third kappa shape index (κ3) is 49.5. The number of rotatable bonds is 52. The number of unbranched alkanes of at least 4 members (excludes halogenated alkanes) is 37. The predicted molar refractivity (Wildman–Crippen MR) is 278 cm³/mol. The molecule has 0 aromatic carbocycles. The van der Waals surface area contributed by atoms with E-state index >= 15 is 0 Å². The van der Waals surface area contributed by atoms with Gasteiger partial charge in [-0.1, -0.05) is 249 Å². The normalized spacial score (nSPS) is 12.9. The van der Waals surface area contributed by atoms with Crippen LogP contribution in [0, 0.1) is 0 Å². The maximum atomic E-state index is 12.4. The van der Waals surface area contributed by atoms with Gasteiger partial charge in [0.1, 0.15) is 0 Å². The van der Waals surface area contributed by atoms with Gasteiger partial charge in [0.25, 0.3) is 0 Å². The van der Waals surface area contributed by atoms with Crippen LogP contribution in [0.1, 0.15) is 296 Å². The average molecular weight is 901 g/mol. The molecule has 0 aliphatic carbocycles. The van der Waals surface area contributed by atoms with Gasteiger partial charge in [0.15, 0.2) is 0 Å². The van der Waals surface area contributed by atoms with Crippen LogP contribution in [0.25, 0.3) is 0 Å². The summed E-state index contributed by atoms with van der Waals surface area (Å²) >= 11 is 0. The number of aliphatic hydroxyl groups is 2. The van der Waals surface area contributed by atoms with Crippen LogP contribution in [-0.4, -0.2) is 47.4 Å². The Labute approximate surface area is 398 Å². The number of amides is 1. The zero-order valence-corrected chi connectivity index (χ0v) is 42.8. The van der Waals surface area contributed by atoms with Gasteiger partial charge < -0.3 is 20.3 Å². The summed E-state index contributed by atoms with van der Waals surface area (Å²) in [6, 6.07) is -0.639. The molecule has 64 heavy (non-hydrogen) atoms. The first kappa shape index (κ1) is 62.1. The van der Waals surface area contributed by atoms with Crippen molar-refractivity contribution < 1.29 is 24.5 Å². The Bertz CT molecular complexity index is 1040. The minimum Gasteiger partial charge on any atom is -0.466 e. The highest BCUT2D eigenvalue weighted by Gasteiger charge is 2.18. The third-order valence-corrected chi connectivity index (χ3v) is 12.9. The van der Waals surface area contributed by atoms with Crippen LogP contribution in [0.5, 0.6) is 0 Å². The van der Waals surface area contributed by atoms with Crippen LogP contribution in [0.15, 0.2) is 36.5 Å². The van der Waals surface area contributed by atoms with Crippen molar-refractivity contribution in [2.45, 2.75) is 309 Å². The van der Waals surface area contributed by atoms with Gasteiger partial charge in [-0.05, 0) is 70.6 Å². The molecule has 6 heteroatoms. The van der Waals surface area contributed by atoms with Gasteiger partial charge in [-0.3, -0.25) is 9.59 Å². The Kier molecular flexibility index (Phi) is 52.1. The van der Waals surface area contributed by atoms with Gasteiger partial charge in [0.2, 0.25) is 5.91 Å². The molecular formula is C58H109NO5. The van der Waals surface area contributed by atoms with Crippen molar-refractivity contribution in [3.05, 3.63) is 36.5 Å². The smallest absolute Gasteiger partial charge is 0.305 e. The molecule has 0 heterocycles. The fourth-order valence-electron chi connectivity index (χ4n) is 8.55. The molecule has 0 aromatic heterocycles. The molecule has 0 aliphatic heterocycles. The van der Waals surface area contributed by atoms with Crippen LogP contribution in [-0.2, 0) is 14.3 Å². The van der Waals surface area contributed by atoms with Gasteiger partial charge in [0, 0.05) is 12.8 Å². The lowest BCUT2D eigenvalue weighted by atomic mass is 10.0. The fraction of sp³-hybridized carbons (Fsp3) is 0.862. The van der Waals surface area contributed by atoms with Crippen LogP contribution in [0.2, 0.25) is 0 Å². The number of aliphatic hydroxyl groups excluding tert-OH is 2. The lowest BCUT2D eigenvalue weighted by molar-refractivity contribution is -0.143. The van der Waals surface area contributed by atoms with Crippen molar-refractivity contribution in [2.75, 3.05) is 13.2 Å². The second-order valence-corrected chi connectivity index (χ2v) is 19.3. The molecule has 1 amide bonds. The van der Waals surface area contributed by atoms with Gasteiger partial charge >= 0.3 is 5.97 Å². The molecule has 2 unspecified atom stereocenters. The van der Waals surface area contributed by atoms with E-state index in [-0.39, 0.29) is 18.5 Å². The summed E-state index contributed by atoms with van der Waals surface area (Å²) < 4.78 is 5.46. The first-order valence-corrected chi connectivity index (χ1v) is 28.3. The molecule has 0 saturated carbocycles. The molecule has 376 valence electrons. The monoisotopic (exact) mass is 900 g/mol. The van der Waals surface area contributed by atoms with E-state index in [0.29, 0.717) is 19.4 Å². The Hall–Kier alpha value is -1.92. The van der Waals surface area contributed by atoms with Gasteiger partial charge in [-0.25, -0.2) is 0 Å². The molecule has 0 aromatic rings. The van der Waals surface area contributed by atoms with E-state index in [9.17, 15) is 19.8 Å². The number of hydrogen-bond acceptors (Lipinski definition) is 5. The summed E-state index contributed by atoms with van der Waals surface area (Å²) in [7, 11) is 0. The summed E-state index contributed by atoms with van der Waals surface area (Å²) in [6.07, 6.45) is 65.9. The summed E-state index contributed by atoms with van der Waals surface area (Å²) in [5.41, 5.74) is 0. The van der Waals surface area contributed by atoms with Crippen molar-refractivity contribution in [2.24, 2.45) is 0 Å². The Balaban J connectivity index is 3.51. The zero-order valence-electron chi connectivity index (χ0n) is 42.8. The third-order valence-electron chi connectivity index (χ3n) is 12.9. The summed E-state index contributed by atoms with van der Waals surface area (Å²) in [5, 5.41) is 23.1. The minimum atomic E-state index is -0.854. The van der Waals surface area contributed by atoms with Crippen molar-refractivity contribution >= 4 is 11.9 Å². The number of nitrogens with one attached hydrogen (secondary N) is 1. The number of esters is 1. The van der Waals surface area contributed by atoms with Gasteiger partial charge in [-0.2, -0.15) is 0 Å². The number of allylic oxidation sites excluding steroid dienone is 5. The highest BCUT2D eigenvalue weighted by molar-refractivity contribution is 5.76. The number of ether oxygens (including phenoxy) is 1. The van der Waals surface area contributed by atoms with Crippen molar-refractivity contribution in [3.63, 3.8) is 0 Å². The molecule has 2 atom stereocenters. The maximum Gasteiger partial charge on any atom is 0.305 e. The van der Waals surface area contributed by atoms with Crippen molar-refractivity contribution in [1.82, 2.24) is 5.32 Å².